The highest BCUT2D eigenvalue weighted by molar-refractivity contribution is 6.27. The number of fused-ring (bicyclic) bond motifs is 10. The fraction of sp³-hybridized carbons (Fsp3) is 0. The first-order valence-corrected chi connectivity index (χ1v) is 26.6. The van der Waals surface area contributed by atoms with Gasteiger partial charge in [-0.25, -0.2) is 0 Å². The minimum Gasteiger partial charge on any atom is -0.455 e. The predicted molar refractivity (Wildman–Crippen MR) is 329 cm³/mol. The third-order valence-corrected chi connectivity index (χ3v) is 16.4. The van der Waals surface area contributed by atoms with Crippen LogP contribution in [0.2, 0.25) is 0 Å². The zero-order chi connectivity index (χ0) is 50.6. The topological polar surface area (TPSA) is 13.1 Å². The van der Waals surface area contributed by atoms with Crippen LogP contribution < -0.4 is 0 Å². The maximum atomic E-state index is 6.67. The zero-order valence-corrected chi connectivity index (χ0v) is 42.0. The maximum absolute atomic E-state index is 6.67. The summed E-state index contributed by atoms with van der Waals surface area (Å²) in [6.07, 6.45) is 0. The molecule has 0 bridgehead atoms. The van der Waals surface area contributed by atoms with Gasteiger partial charge < -0.3 is 4.42 Å². The van der Waals surface area contributed by atoms with Crippen LogP contribution in [-0.4, -0.2) is 0 Å². The van der Waals surface area contributed by atoms with Gasteiger partial charge >= 0.3 is 0 Å². The van der Waals surface area contributed by atoms with Crippen LogP contribution in [0, 0.1) is 0 Å². The van der Waals surface area contributed by atoms with Gasteiger partial charge in [0.2, 0.25) is 0 Å². The van der Waals surface area contributed by atoms with E-state index in [0.717, 1.165) is 27.5 Å². The Labute approximate surface area is 445 Å². The summed E-state index contributed by atoms with van der Waals surface area (Å²) < 4.78 is 6.67. The molecular weight excluding hydrogens is 929 g/mol. The molecule has 1 nitrogen and oxygen atoms in total. The van der Waals surface area contributed by atoms with Crippen LogP contribution >= 0.6 is 0 Å². The van der Waals surface area contributed by atoms with Gasteiger partial charge in [-0.05, 0) is 149 Å². The average Bonchev–Trinajstić information content (AvgIpc) is 4.01. The van der Waals surface area contributed by atoms with E-state index in [-0.39, 0.29) is 0 Å². The summed E-state index contributed by atoms with van der Waals surface area (Å²) in [7, 11) is 0. The van der Waals surface area contributed by atoms with Crippen molar-refractivity contribution in [2.45, 2.75) is 0 Å². The Kier molecular flexibility index (Phi) is 9.71. The Morgan fingerprint density at radius 3 is 1.06 bits per heavy atom. The molecule has 15 aromatic carbocycles. The van der Waals surface area contributed by atoms with Gasteiger partial charge in [0.15, 0.2) is 0 Å². The Bertz CT molecular complexity index is 4970. The van der Waals surface area contributed by atoms with Crippen molar-refractivity contribution in [3.05, 3.63) is 279 Å². The molecule has 0 aliphatic heterocycles. The second-order valence-electron chi connectivity index (χ2n) is 20.5. The molecule has 0 atom stereocenters. The van der Waals surface area contributed by atoms with Gasteiger partial charge in [0.25, 0.3) is 0 Å². The molecule has 1 heteroatoms. The van der Waals surface area contributed by atoms with Gasteiger partial charge in [-0.1, -0.05) is 261 Å². The molecule has 0 N–H and O–H groups in total. The largest absolute Gasteiger partial charge is 0.455 e. The van der Waals surface area contributed by atoms with Crippen molar-refractivity contribution in [2.75, 3.05) is 0 Å². The smallest absolute Gasteiger partial charge is 0.143 e. The lowest BCUT2D eigenvalue weighted by Crippen LogP contribution is -1.92. The highest BCUT2D eigenvalue weighted by Crippen LogP contribution is 2.49. The van der Waals surface area contributed by atoms with Crippen molar-refractivity contribution in [1.29, 1.82) is 0 Å². The Morgan fingerprint density at radius 1 is 0.182 bits per heavy atom. The lowest BCUT2D eigenvalue weighted by atomic mass is 9.84. The van der Waals surface area contributed by atoms with E-state index in [9.17, 15) is 0 Å². The van der Waals surface area contributed by atoms with E-state index in [2.05, 4.69) is 273 Å². The second kappa shape index (κ2) is 17.2. The summed E-state index contributed by atoms with van der Waals surface area (Å²) in [5.74, 6) is 0. The normalized spacial score (nSPS) is 11.9. The van der Waals surface area contributed by atoms with Gasteiger partial charge in [0, 0.05) is 21.9 Å². The summed E-state index contributed by atoms with van der Waals surface area (Å²) in [5.41, 5.74) is 16.5. The highest BCUT2D eigenvalue weighted by atomic mass is 16.3. The summed E-state index contributed by atoms with van der Waals surface area (Å²) in [6, 6.07) is 103. The highest BCUT2D eigenvalue weighted by Gasteiger charge is 2.22. The quantitative estimate of drug-likeness (QED) is 0.151. The van der Waals surface area contributed by atoms with Crippen molar-refractivity contribution in [3.8, 4) is 66.8 Å². The van der Waals surface area contributed by atoms with Crippen molar-refractivity contribution in [2.24, 2.45) is 0 Å². The first-order valence-electron chi connectivity index (χ1n) is 26.6. The number of para-hydroxylation sites is 2. The van der Waals surface area contributed by atoms with Gasteiger partial charge in [0.05, 0.1) is 0 Å². The Balaban J connectivity index is 0.770. The van der Waals surface area contributed by atoms with Crippen molar-refractivity contribution in [3.63, 3.8) is 0 Å². The molecule has 0 fully saturated rings. The number of benzene rings is 15. The fourth-order valence-electron chi connectivity index (χ4n) is 13.0. The monoisotopic (exact) mass is 974 g/mol. The molecule has 0 amide bonds. The van der Waals surface area contributed by atoms with Crippen LogP contribution in [0.4, 0.5) is 0 Å². The molecule has 77 heavy (non-hydrogen) atoms. The van der Waals surface area contributed by atoms with Crippen LogP contribution in [-0.2, 0) is 0 Å². The number of hydrogen-bond acceptors (Lipinski definition) is 1. The molecule has 0 aliphatic rings. The molecule has 0 saturated heterocycles. The van der Waals surface area contributed by atoms with Gasteiger partial charge in [0.1, 0.15) is 11.2 Å². The molecule has 16 rings (SSSR count). The molecule has 16 aromatic rings. The van der Waals surface area contributed by atoms with Crippen LogP contribution in [0.25, 0.3) is 164 Å². The Morgan fingerprint density at radius 2 is 0.519 bits per heavy atom. The summed E-state index contributed by atoms with van der Waals surface area (Å²) >= 11 is 0. The SMILES string of the molecule is c1cc(-c2ccc(-c3c4ccccc4c(-c4cccc5ccccc45)c4ccccc34)cc2)c2ccc(-c3ccc4c(-c5c6ccccc6c(-c6cccc7c6oc6ccccc67)c6ccccc56)cccc4c3)cc2c1. The van der Waals surface area contributed by atoms with Crippen molar-refractivity contribution in [1.82, 2.24) is 0 Å². The van der Waals surface area contributed by atoms with E-state index in [4.69, 9.17) is 4.42 Å². The molecule has 1 heterocycles. The van der Waals surface area contributed by atoms with Crippen LogP contribution in [0.15, 0.2) is 283 Å². The Hall–Kier alpha value is -10.1. The number of furan rings is 1. The third-order valence-electron chi connectivity index (χ3n) is 16.4. The van der Waals surface area contributed by atoms with E-state index in [1.54, 1.807) is 0 Å². The van der Waals surface area contributed by atoms with Gasteiger partial charge in [-0.15, -0.1) is 0 Å². The molecule has 0 aliphatic carbocycles. The first-order chi connectivity index (χ1) is 38.2. The molecule has 0 spiro atoms. The van der Waals surface area contributed by atoms with Crippen LogP contribution in [0.1, 0.15) is 0 Å². The van der Waals surface area contributed by atoms with E-state index in [1.165, 1.54) is 137 Å². The van der Waals surface area contributed by atoms with Gasteiger partial charge in [-0.3, -0.25) is 0 Å². The number of hydrogen-bond donors (Lipinski definition) is 0. The standard InChI is InChI=1S/C76H46O/c1-2-21-55-47(17-1)18-13-32-59(55)73-63-25-5-3-23-61(63)72(62-24-4-6-26-64(62)73)49-39-37-48(38-40-49)54-31-14-19-52-45-50(41-43-56(52)54)51-42-44-57-53(46-51)20-15-33-60(57)74-65-27-7-9-29-67(65)75(68-30-10-8-28-66(68)74)70-35-16-34-69-58-22-11-12-36-71(58)77-76(69)70/h1-46H. The van der Waals surface area contributed by atoms with Crippen molar-refractivity contribution < 1.29 is 4.42 Å². The average molecular weight is 975 g/mol. The minimum atomic E-state index is 0.907. The third kappa shape index (κ3) is 6.74. The molecule has 0 unspecified atom stereocenters. The van der Waals surface area contributed by atoms with E-state index in [0.29, 0.717) is 0 Å². The predicted octanol–water partition coefficient (Wildman–Crippen LogP) is 21.7. The molecule has 356 valence electrons. The van der Waals surface area contributed by atoms with Crippen molar-refractivity contribution >= 4 is 97.3 Å². The molecule has 0 radical (unpaired) electrons. The molecule has 1 aromatic heterocycles. The maximum Gasteiger partial charge on any atom is 0.143 e. The minimum absolute atomic E-state index is 0.907. The lowest BCUT2D eigenvalue weighted by Gasteiger charge is -2.19. The summed E-state index contributed by atoms with van der Waals surface area (Å²) in [5, 5.41) is 19.6. The second-order valence-corrected chi connectivity index (χ2v) is 20.5. The van der Waals surface area contributed by atoms with E-state index >= 15 is 0 Å². The lowest BCUT2D eigenvalue weighted by molar-refractivity contribution is 0.670. The first kappa shape index (κ1) is 43.3. The molecular formula is C76H46O. The summed E-state index contributed by atoms with van der Waals surface area (Å²) in [6.45, 7) is 0. The summed E-state index contributed by atoms with van der Waals surface area (Å²) in [4.78, 5) is 0. The van der Waals surface area contributed by atoms with Crippen LogP contribution in [0.5, 0.6) is 0 Å². The fourth-order valence-corrected chi connectivity index (χ4v) is 13.0. The van der Waals surface area contributed by atoms with E-state index < -0.39 is 0 Å². The van der Waals surface area contributed by atoms with Crippen LogP contribution in [0.3, 0.4) is 0 Å². The zero-order valence-electron chi connectivity index (χ0n) is 42.0. The van der Waals surface area contributed by atoms with E-state index in [1.807, 2.05) is 6.07 Å². The molecule has 0 saturated carbocycles. The van der Waals surface area contributed by atoms with Gasteiger partial charge in [-0.2, -0.15) is 0 Å². The number of rotatable bonds is 6.